The summed E-state index contributed by atoms with van der Waals surface area (Å²) in [6.07, 6.45) is 4.77. The van der Waals surface area contributed by atoms with Gasteiger partial charge in [0.1, 0.15) is 11.4 Å². The number of nitrogens with zero attached hydrogens (tertiary/aromatic N) is 1. The quantitative estimate of drug-likeness (QED) is 0.342. The highest BCUT2D eigenvalue weighted by atomic mass is 16.5. The Hall–Kier alpha value is -4.06. The molecule has 0 radical (unpaired) electrons. The third-order valence-electron chi connectivity index (χ3n) is 4.61. The molecule has 3 rings (SSSR count). The first-order valence-electron chi connectivity index (χ1n) is 9.43. The summed E-state index contributed by atoms with van der Waals surface area (Å²) >= 11 is 0. The number of Topliss-reactive ketones (excluding diaryl/α,β-unsaturated/α-hetero) is 1. The van der Waals surface area contributed by atoms with Gasteiger partial charge in [-0.25, -0.2) is 4.98 Å². The number of oxazole rings is 1. The number of carbonyl (C=O) groups excluding carboxylic acids is 1. The minimum Gasteiger partial charge on any atom is -0.497 e. The molecule has 0 unspecified atom stereocenters. The number of hydrogen-bond acceptors (Lipinski definition) is 6. The van der Waals surface area contributed by atoms with Crippen LogP contribution in [0.1, 0.15) is 33.3 Å². The van der Waals surface area contributed by atoms with Crippen LogP contribution < -0.4 is 14.2 Å². The number of ether oxygens (including phenoxy) is 3. The molecule has 0 N–H and O–H groups in total. The van der Waals surface area contributed by atoms with Gasteiger partial charge in [-0.05, 0) is 60.2 Å². The van der Waals surface area contributed by atoms with Gasteiger partial charge in [-0.1, -0.05) is 19.2 Å². The molecule has 1 heterocycles. The molecule has 1 aromatic heterocycles. The third-order valence-corrected chi connectivity index (χ3v) is 4.61. The number of methoxy groups -OCH3 is 3. The molecule has 2 aromatic carbocycles. The first-order valence-corrected chi connectivity index (χ1v) is 9.43. The Morgan fingerprint density at radius 2 is 1.65 bits per heavy atom. The molecule has 0 amide bonds. The van der Waals surface area contributed by atoms with Crippen molar-refractivity contribution in [2.45, 2.75) is 0 Å². The Morgan fingerprint density at radius 1 is 0.935 bits per heavy atom. The zero-order valence-corrected chi connectivity index (χ0v) is 17.7. The molecule has 0 spiro atoms. The Labute approximate surface area is 181 Å². The van der Waals surface area contributed by atoms with Gasteiger partial charge in [0, 0.05) is 5.56 Å². The van der Waals surface area contributed by atoms with Crippen molar-refractivity contribution in [1.82, 2.24) is 4.98 Å². The van der Waals surface area contributed by atoms with Crippen molar-refractivity contribution >= 4 is 29.6 Å². The Balaban J connectivity index is 2.15. The number of aromatic nitrogens is 1. The van der Waals surface area contributed by atoms with Crippen LogP contribution in [0.25, 0.3) is 23.8 Å². The van der Waals surface area contributed by atoms with Crippen LogP contribution in [0.2, 0.25) is 0 Å². The maximum atomic E-state index is 13.4. The molecule has 0 bridgehead atoms. The van der Waals surface area contributed by atoms with E-state index in [4.69, 9.17) is 18.6 Å². The summed E-state index contributed by atoms with van der Waals surface area (Å²) < 4.78 is 21.7. The standard InChI is InChI=1S/C25H23NO5/c1-6-20-21(7-2)31-25(26-20)19(24(27)17-9-11-18(28-3)12-10-17)14-16-8-13-22(29-4)23(15-16)30-5/h6-15H,1-2H2,3-5H3/b19-14+. The molecule has 6 nitrogen and oxygen atoms in total. The SMILES string of the molecule is C=Cc1nc(/C(=C/c2ccc(OC)c(OC)c2)C(=O)c2ccc(OC)cc2)oc1C=C. The largest absolute Gasteiger partial charge is 0.497 e. The first-order chi connectivity index (χ1) is 15.0. The first kappa shape index (κ1) is 21.6. The van der Waals surface area contributed by atoms with Gasteiger partial charge in [-0.15, -0.1) is 0 Å². The summed E-state index contributed by atoms with van der Waals surface area (Å²) in [5.41, 5.74) is 1.96. The molecular formula is C25H23NO5. The van der Waals surface area contributed by atoms with Crippen LogP contribution in [0, 0.1) is 0 Å². The van der Waals surface area contributed by atoms with Crippen molar-refractivity contribution in [3.05, 3.63) is 84.1 Å². The second kappa shape index (κ2) is 9.63. The van der Waals surface area contributed by atoms with Gasteiger partial charge in [0.25, 0.3) is 0 Å². The molecule has 0 saturated heterocycles. The smallest absolute Gasteiger partial charge is 0.231 e. The van der Waals surface area contributed by atoms with Crippen LogP contribution in [0.3, 0.4) is 0 Å². The molecule has 0 aliphatic heterocycles. The predicted octanol–water partition coefficient (Wildman–Crippen LogP) is 5.41. The number of benzene rings is 2. The Kier molecular flexibility index (Phi) is 6.72. The maximum Gasteiger partial charge on any atom is 0.231 e. The van der Waals surface area contributed by atoms with Crippen LogP contribution >= 0.6 is 0 Å². The minimum absolute atomic E-state index is 0.167. The van der Waals surface area contributed by atoms with E-state index in [1.54, 1.807) is 69.9 Å². The molecule has 0 aliphatic carbocycles. The monoisotopic (exact) mass is 417 g/mol. The number of carbonyl (C=O) groups is 1. The minimum atomic E-state index is -0.259. The molecule has 0 fully saturated rings. The van der Waals surface area contributed by atoms with Gasteiger partial charge in [0.05, 0.1) is 26.9 Å². The highest BCUT2D eigenvalue weighted by Crippen LogP contribution is 2.31. The van der Waals surface area contributed by atoms with Gasteiger partial charge < -0.3 is 18.6 Å². The number of hydrogen-bond donors (Lipinski definition) is 0. The topological polar surface area (TPSA) is 70.8 Å². The van der Waals surface area contributed by atoms with Gasteiger partial charge in [-0.2, -0.15) is 0 Å². The van der Waals surface area contributed by atoms with E-state index in [0.29, 0.717) is 39.8 Å². The fraction of sp³-hybridized carbons (Fsp3) is 0.120. The number of allylic oxidation sites excluding steroid dienone is 1. The molecule has 0 atom stereocenters. The summed E-state index contributed by atoms with van der Waals surface area (Å²) in [6.45, 7) is 7.47. The lowest BCUT2D eigenvalue weighted by Crippen LogP contribution is -2.03. The summed E-state index contributed by atoms with van der Waals surface area (Å²) in [7, 11) is 4.68. The Bertz CT molecular complexity index is 1110. The van der Waals surface area contributed by atoms with Gasteiger partial charge in [0.2, 0.25) is 5.89 Å². The van der Waals surface area contributed by atoms with Crippen LogP contribution in [0.15, 0.2) is 60.0 Å². The van der Waals surface area contributed by atoms with E-state index in [9.17, 15) is 4.79 Å². The molecule has 158 valence electrons. The lowest BCUT2D eigenvalue weighted by Gasteiger charge is -2.09. The van der Waals surface area contributed by atoms with E-state index in [2.05, 4.69) is 18.1 Å². The van der Waals surface area contributed by atoms with Gasteiger partial charge >= 0.3 is 0 Å². The van der Waals surface area contributed by atoms with Gasteiger partial charge in [0.15, 0.2) is 23.0 Å². The molecule has 31 heavy (non-hydrogen) atoms. The second-order valence-electron chi connectivity index (χ2n) is 6.41. The maximum absolute atomic E-state index is 13.4. The average Bonchev–Trinajstić information content (AvgIpc) is 3.25. The van der Waals surface area contributed by atoms with Crippen molar-refractivity contribution in [2.75, 3.05) is 21.3 Å². The molecule has 6 heteroatoms. The zero-order valence-electron chi connectivity index (χ0n) is 17.7. The van der Waals surface area contributed by atoms with Crippen LogP contribution in [-0.2, 0) is 0 Å². The second-order valence-corrected chi connectivity index (χ2v) is 6.41. The molecule has 3 aromatic rings. The summed E-state index contributed by atoms with van der Waals surface area (Å²) in [5.74, 6) is 2.12. The van der Waals surface area contributed by atoms with E-state index in [0.717, 1.165) is 0 Å². The lowest BCUT2D eigenvalue weighted by atomic mass is 10.0. The van der Waals surface area contributed by atoms with Crippen molar-refractivity contribution < 1.29 is 23.4 Å². The van der Waals surface area contributed by atoms with Gasteiger partial charge in [-0.3, -0.25) is 4.79 Å². The third kappa shape index (κ3) is 4.59. The van der Waals surface area contributed by atoms with Crippen LogP contribution in [0.5, 0.6) is 17.2 Å². The van der Waals surface area contributed by atoms with Crippen molar-refractivity contribution in [3.63, 3.8) is 0 Å². The summed E-state index contributed by atoms with van der Waals surface area (Å²) in [4.78, 5) is 17.8. The van der Waals surface area contributed by atoms with Crippen molar-refractivity contribution in [2.24, 2.45) is 0 Å². The molecular weight excluding hydrogens is 394 g/mol. The normalized spacial score (nSPS) is 11.0. The molecule has 0 saturated carbocycles. The van der Waals surface area contributed by atoms with Crippen LogP contribution in [0.4, 0.5) is 0 Å². The van der Waals surface area contributed by atoms with E-state index < -0.39 is 0 Å². The fourth-order valence-electron chi connectivity index (χ4n) is 2.98. The highest BCUT2D eigenvalue weighted by molar-refractivity contribution is 6.31. The summed E-state index contributed by atoms with van der Waals surface area (Å²) in [6, 6.07) is 12.2. The Morgan fingerprint density at radius 3 is 2.19 bits per heavy atom. The number of rotatable bonds is 9. The zero-order chi connectivity index (χ0) is 22.4. The highest BCUT2D eigenvalue weighted by Gasteiger charge is 2.21. The van der Waals surface area contributed by atoms with E-state index in [1.165, 1.54) is 6.08 Å². The van der Waals surface area contributed by atoms with E-state index in [-0.39, 0.29) is 17.2 Å². The van der Waals surface area contributed by atoms with Crippen molar-refractivity contribution in [3.8, 4) is 17.2 Å². The fourth-order valence-corrected chi connectivity index (χ4v) is 2.98. The van der Waals surface area contributed by atoms with Crippen molar-refractivity contribution in [1.29, 1.82) is 0 Å². The van der Waals surface area contributed by atoms with Crippen LogP contribution in [-0.4, -0.2) is 32.1 Å². The summed E-state index contributed by atoms with van der Waals surface area (Å²) in [5, 5.41) is 0. The van der Waals surface area contributed by atoms with E-state index in [1.807, 2.05) is 6.07 Å². The lowest BCUT2D eigenvalue weighted by molar-refractivity contribution is 0.105. The van der Waals surface area contributed by atoms with E-state index >= 15 is 0 Å². The number of ketones is 1. The molecule has 0 aliphatic rings. The predicted molar refractivity (Wildman–Crippen MR) is 121 cm³/mol. The average molecular weight is 417 g/mol.